The number of ketones is 1. The lowest BCUT2D eigenvalue weighted by Gasteiger charge is -2.01. The van der Waals surface area contributed by atoms with Gasteiger partial charge in [0.2, 0.25) is 11.7 Å². The zero-order valence-electron chi connectivity index (χ0n) is 7.78. The van der Waals surface area contributed by atoms with Gasteiger partial charge in [0.15, 0.2) is 0 Å². The number of hydrogen-bond donors (Lipinski definition) is 1. The third-order valence-corrected chi connectivity index (χ3v) is 1.76. The summed E-state index contributed by atoms with van der Waals surface area (Å²) in [4.78, 5) is 11.4. The first-order chi connectivity index (χ1) is 6.19. The molecule has 1 aromatic heterocycles. The minimum absolute atomic E-state index is 0.0196. The van der Waals surface area contributed by atoms with Crippen LogP contribution in [0.25, 0.3) is 0 Å². The highest BCUT2D eigenvalue weighted by Gasteiger charge is 2.19. The number of aromatic nitrogens is 2. The molecule has 0 aromatic carbocycles. The van der Waals surface area contributed by atoms with E-state index in [1.165, 1.54) is 0 Å². The largest absolute Gasteiger partial charge is 0.418 e. The van der Waals surface area contributed by atoms with Crippen molar-refractivity contribution in [1.82, 2.24) is 10.2 Å². The molecule has 0 radical (unpaired) electrons. The van der Waals surface area contributed by atoms with Gasteiger partial charge < -0.3 is 10.2 Å². The van der Waals surface area contributed by atoms with Gasteiger partial charge in [0.1, 0.15) is 0 Å². The Morgan fingerprint density at radius 2 is 2.23 bits per heavy atom. The molecule has 0 aliphatic carbocycles. The molecule has 5 heteroatoms. The molecule has 13 heavy (non-hydrogen) atoms. The molecule has 2 N–H and O–H groups in total. The zero-order valence-corrected chi connectivity index (χ0v) is 7.78. The molecular weight excluding hydrogens is 170 g/mol. The fraction of sp³-hybridized carbons (Fsp3) is 0.625. The van der Waals surface area contributed by atoms with Crippen molar-refractivity contribution in [3.05, 3.63) is 11.8 Å². The van der Waals surface area contributed by atoms with E-state index in [4.69, 9.17) is 10.2 Å². The smallest absolute Gasteiger partial charge is 0.285 e. The van der Waals surface area contributed by atoms with Crippen LogP contribution in [0.1, 0.15) is 36.8 Å². The number of carbonyl (C=O) groups excluding carboxylic acids is 1. The molecule has 0 bridgehead atoms. The maximum absolute atomic E-state index is 11.4. The molecule has 0 unspecified atom stereocenters. The van der Waals surface area contributed by atoms with Gasteiger partial charge in [-0.3, -0.25) is 4.79 Å². The second-order valence-electron chi connectivity index (χ2n) is 2.73. The Labute approximate surface area is 76.3 Å². The van der Waals surface area contributed by atoms with Gasteiger partial charge >= 0.3 is 0 Å². The molecular formula is C8H13N3O2. The number of aryl methyl sites for hydroxylation is 1. The summed E-state index contributed by atoms with van der Waals surface area (Å²) in [7, 11) is 0. The first kappa shape index (κ1) is 9.85. The third-order valence-electron chi connectivity index (χ3n) is 1.76. The van der Waals surface area contributed by atoms with E-state index in [9.17, 15) is 4.79 Å². The molecule has 1 heterocycles. The summed E-state index contributed by atoms with van der Waals surface area (Å²) < 4.78 is 5.07. The maximum Gasteiger partial charge on any atom is 0.285 e. The fourth-order valence-electron chi connectivity index (χ4n) is 0.840. The van der Waals surface area contributed by atoms with Crippen molar-refractivity contribution in [2.45, 2.75) is 32.7 Å². The minimum atomic E-state index is -0.537. The molecule has 1 aromatic rings. The van der Waals surface area contributed by atoms with Gasteiger partial charge in [-0.25, -0.2) is 0 Å². The van der Waals surface area contributed by atoms with Crippen LogP contribution in [0, 0.1) is 0 Å². The van der Waals surface area contributed by atoms with Crippen LogP contribution in [0.15, 0.2) is 4.42 Å². The van der Waals surface area contributed by atoms with Gasteiger partial charge in [0, 0.05) is 6.42 Å². The summed E-state index contributed by atoms with van der Waals surface area (Å²) in [6.07, 6.45) is 1.20. The van der Waals surface area contributed by atoms with Gasteiger partial charge in [-0.05, 0) is 6.42 Å². The minimum Gasteiger partial charge on any atom is -0.418 e. The summed E-state index contributed by atoms with van der Waals surface area (Å²) in [5, 5.41) is 7.29. The lowest BCUT2D eigenvalue weighted by atomic mass is 10.1. The Morgan fingerprint density at radius 1 is 1.54 bits per heavy atom. The van der Waals surface area contributed by atoms with Crippen molar-refractivity contribution < 1.29 is 9.21 Å². The van der Waals surface area contributed by atoms with E-state index in [1.807, 2.05) is 13.8 Å². The molecule has 0 saturated carbocycles. The van der Waals surface area contributed by atoms with E-state index >= 15 is 0 Å². The van der Waals surface area contributed by atoms with Crippen LogP contribution in [0.5, 0.6) is 0 Å². The lowest BCUT2D eigenvalue weighted by Crippen LogP contribution is -2.29. The second kappa shape index (κ2) is 4.13. The van der Waals surface area contributed by atoms with E-state index in [0.29, 0.717) is 18.7 Å². The molecule has 0 aliphatic rings. The topological polar surface area (TPSA) is 82.0 Å². The molecule has 0 amide bonds. The average molecular weight is 183 g/mol. The van der Waals surface area contributed by atoms with Crippen molar-refractivity contribution in [2.24, 2.45) is 5.73 Å². The summed E-state index contributed by atoms with van der Waals surface area (Å²) in [5.41, 5.74) is 5.52. The number of Topliss-reactive ketones (excluding diaryl/α,β-unsaturated/α-hetero) is 1. The SMILES string of the molecule is CCc1nnc(C(=O)[C@@H](N)CC)o1. The monoisotopic (exact) mass is 183 g/mol. The molecule has 0 saturated heterocycles. The van der Waals surface area contributed by atoms with Crippen LogP contribution in [0.2, 0.25) is 0 Å². The molecule has 5 nitrogen and oxygen atoms in total. The molecule has 1 rings (SSSR count). The quantitative estimate of drug-likeness (QED) is 0.689. The van der Waals surface area contributed by atoms with Crippen LogP contribution in [0.3, 0.4) is 0 Å². The first-order valence-electron chi connectivity index (χ1n) is 4.31. The van der Waals surface area contributed by atoms with Crippen molar-refractivity contribution in [2.75, 3.05) is 0 Å². The van der Waals surface area contributed by atoms with E-state index in [2.05, 4.69) is 10.2 Å². The van der Waals surface area contributed by atoms with Gasteiger partial charge in [-0.1, -0.05) is 13.8 Å². The van der Waals surface area contributed by atoms with Crippen molar-refractivity contribution in [1.29, 1.82) is 0 Å². The van der Waals surface area contributed by atoms with Crippen molar-refractivity contribution in [3.8, 4) is 0 Å². The highest BCUT2D eigenvalue weighted by Crippen LogP contribution is 2.04. The highest BCUT2D eigenvalue weighted by atomic mass is 16.4. The Hall–Kier alpha value is -1.23. The lowest BCUT2D eigenvalue weighted by molar-refractivity contribution is 0.0923. The third kappa shape index (κ3) is 2.12. The van der Waals surface area contributed by atoms with Crippen LogP contribution in [0.4, 0.5) is 0 Å². The standard InChI is InChI=1S/C8H13N3O2/c1-3-5(9)7(12)8-11-10-6(4-2)13-8/h5H,3-4,9H2,1-2H3/t5-/m0/s1. The zero-order chi connectivity index (χ0) is 9.84. The molecule has 0 spiro atoms. The van der Waals surface area contributed by atoms with E-state index < -0.39 is 6.04 Å². The average Bonchev–Trinajstić information content (AvgIpc) is 2.63. The highest BCUT2D eigenvalue weighted by molar-refractivity contribution is 5.95. The maximum atomic E-state index is 11.4. The summed E-state index contributed by atoms with van der Waals surface area (Å²) in [6.45, 7) is 3.71. The Morgan fingerprint density at radius 3 is 2.69 bits per heavy atom. The Balaban J connectivity index is 2.77. The van der Waals surface area contributed by atoms with E-state index in [1.54, 1.807) is 0 Å². The first-order valence-corrected chi connectivity index (χ1v) is 4.31. The molecule has 1 atom stereocenters. The summed E-state index contributed by atoms with van der Waals surface area (Å²) >= 11 is 0. The van der Waals surface area contributed by atoms with Gasteiger partial charge in [-0.2, -0.15) is 0 Å². The van der Waals surface area contributed by atoms with E-state index in [-0.39, 0.29) is 11.7 Å². The number of hydrogen-bond acceptors (Lipinski definition) is 5. The number of nitrogens with zero attached hydrogens (tertiary/aromatic N) is 2. The molecule has 0 aliphatic heterocycles. The predicted molar refractivity (Wildman–Crippen MR) is 46.3 cm³/mol. The van der Waals surface area contributed by atoms with Crippen molar-refractivity contribution >= 4 is 5.78 Å². The van der Waals surface area contributed by atoms with Crippen LogP contribution in [-0.2, 0) is 6.42 Å². The van der Waals surface area contributed by atoms with Gasteiger partial charge in [-0.15, -0.1) is 10.2 Å². The van der Waals surface area contributed by atoms with Crippen molar-refractivity contribution in [3.63, 3.8) is 0 Å². The normalized spacial score (nSPS) is 12.8. The van der Waals surface area contributed by atoms with Crippen LogP contribution < -0.4 is 5.73 Å². The number of rotatable bonds is 4. The van der Waals surface area contributed by atoms with Crippen LogP contribution in [-0.4, -0.2) is 22.0 Å². The Kier molecular flexibility index (Phi) is 3.13. The van der Waals surface area contributed by atoms with E-state index in [0.717, 1.165) is 0 Å². The predicted octanol–water partition coefficient (Wildman–Crippen LogP) is 0.552. The fourth-order valence-corrected chi connectivity index (χ4v) is 0.840. The van der Waals surface area contributed by atoms with Gasteiger partial charge in [0.05, 0.1) is 6.04 Å². The number of nitrogens with two attached hydrogens (primary N) is 1. The summed E-state index contributed by atoms with van der Waals surface area (Å²) in [6, 6.07) is -0.537. The van der Waals surface area contributed by atoms with Crippen LogP contribution >= 0.6 is 0 Å². The van der Waals surface area contributed by atoms with Gasteiger partial charge in [0.25, 0.3) is 5.89 Å². The molecule has 0 fully saturated rings. The Bertz CT molecular complexity index is 295. The number of carbonyl (C=O) groups is 1. The summed E-state index contributed by atoms with van der Waals surface area (Å²) in [5.74, 6) is 0.201. The second-order valence-corrected chi connectivity index (χ2v) is 2.73. The molecule has 72 valence electrons.